The molecule has 1 aromatic carbocycles. The number of aliphatic hydroxyl groups excluding tert-OH is 1. The molecule has 1 atom stereocenters. The molecule has 0 unspecified atom stereocenters. The maximum atomic E-state index is 12.2. The van der Waals surface area contributed by atoms with E-state index in [1.807, 2.05) is 24.3 Å². The first kappa shape index (κ1) is 15.3. The first-order valence-electron chi connectivity index (χ1n) is 7.04. The summed E-state index contributed by atoms with van der Waals surface area (Å²) in [4.78, 5) is 12.2. The molecule has 1 fully saturated rings. The molecular weight excluding hydrogens is 276 g/mol. The van der Waals surface area contributed by atoms with Crippen molar-refractivity contribution in [1.82, 2.24) is 10.6 Å². The van der Waals surface area contributed by atoms with Crippen LogP contribution < -0.4 is 10.6 Å². The Bertz CT molecular complexity index is 447. The minimum Gasteiger partial charge on any atom is -0.390 e. The lowest BCUT2D eigenvalue weighted by Gasteiger charge is -2.25. The molecule has 110 valence electrons. The molecule has 1 saturated heterocycles. The topological polar surface area (TPSA) is 61.4 Å². The van der Waals surface area contributed by atoms with Gasteiger partial charge in [0.2, 0.25) is 0 Å². The normalized spacial score (nSPS) is 17.7. The molecular formula is C15H21ClN2O2. The molecule has 4 nitrogen and oxygen atoms in total. The molecule has 1 amide bonds. The second-order valence-electron chi connectivity index (χ2n) is 5.13. The van der Waals surface area contributed by atoms with Gasteiger partial charge in [0, 0.05) is 12.1 Å². The Morgan fingerprint density at radius 2 is 2.10 bits per heavy atom. The number of benzene rings is 1. The Labute approximate surface area is 124 Å². The van der Waals surface area contributed by atoms with E-state index in [4.69, 9.17) is 11.6 Å². The smallest absolute Gasteiger partial charge is 0.251 e. The number of carbonyl (C=O) groups is 1. The van der Waals surface area contributed by atoms with Crippen molar-refractivity contribution in [2.24, 2.45) is 0 Å². The van der Waals surface area contributed by atoms with Crippen LogP contribution >= 0.6 is 11.6 Å². The Balaban J connectivity index is 2.08. The summed E-state index contributed by atoms with van der Waals surface area (Å²) in [6, 6.07) is 7.72. The Hall–Kier alpha value is -1.10. The van der Waals surface area contributed by atoms with E-state index in [2.05, 4.69) is 10.6 Å². The van der Waals surface area contributed by atoms with E-state index in [-0.39, 0.29) is 18.3 Å². The lowest BCUT2D eigenvalue weighted by atomic mass is 9.87. The Kier molecular flexibility index (Phi) is 5.83. The van der Waals surface area contributed by atoms with Gasteiger partial charge in [0.15, 0.2) is 0 Å². The van der Waals surface area contributed by atoms with Gasteiger partial charge in [-0.3, -0.25) is 4.79 Å². The molecule has 5 heteroatoms. The number of halogens is 1. The minimum atomic E-state index is -0.702. The molecule has 0 spiro atoms. The Morgan fingerprint density at radius 1 is 1.40 bits per heavy atom. The number of carbonyl (C=O) groups excluding carboxylic acids is 1. The van der Waals surface area contributed by atoms with Gasteiger partial charge >= 0.3 is 0 Å². The van der Waals surface area contributed by atoms with Gasteiger partial charge in [-0.05, 0) is 43.5 Å². The first-order chi connectivity index (χ1) is 9.72. The summed E-state index contributed by atoms with van der Waals surface area (Å²) >= 11 is 5.53. The molecule has 1 aliphatic heterocycles. The largest absolute Gasteiger partial charge is 0.390 e. The van der Waals surface area contributed by atoms with Gasteiger partial charge < -0.3 is 15.7 Å². The van der Waals surface area contributed by atoms with Crippen LogP contribution in [0, 0.1) is 0 Å². The third-order valence-electron chi connectivity index (χ3n) is 3.66. The summed E-state index contributed by atoms with van der Waals surface area (Å²) in [6.07, 6.45) is 1.40. The molecule has 0 aliphatic carbocycles. The number of rotatable bonds is 5. The van der Waals surface area contributed by atoms with E-state index >= 15 is 0 Å². The highest BCUT2D eigenvalue weighted by Crippen LogP contribution is 2.27. The van der Waals surface area contributed by atoms with Gasteiger partial charge in [0.25, 0.3) is 5.91 Å². The number of nitrogens with one attached hydrogen (secondary N) is 2. The maximum absolute atomic E-state index is 12.2. The van der Waals surface area contributed by atoms with Crippen LogP contribution in [0.4, 0.5) is 0 Å². The van der Waals surface area contributed by atoms with Gasteiger partial charge in [-0.15, -0.1) is 11.6 Å². The van der Waals surface area contributed by atoms with Gasteiger partial charge in [-0.2, -0.15) is 0 Å². The fourth-order valence-corrected chi connectivity index (χ4v) is 2.66. The number of aliphatic hydroxyl groups is 1. The highest BCUT2D eigenvalue weighted by Gasteiger charge is 2.21. The van der Waals surface area contributed by atoms with Crippen molar-refractivity contribution in [2.75, 3.05) is 25.5 Å². The van der Waals surface area contributed by atoms with Crippen LogP contribution in [0.25, 0.3) is 0 Å². The second-order valence-corrected chi connectivity index (χ2v) is 5.44. The van der Waals surface area contributed by atoms with Crippen LogP contribution in [-0.2, 0) is 0 Å². The summed E-state index contributed by atoms with van der Waals surface area (Å²) in [5.41, 5.74) is 1.81. The highest BCUT2D eigenvalue weighted by atomic mass is 35.5. The van der Waals surface area contributed by atoms with Crippen LogP contribution in [-0.4, -0.2) is 42.6 Å². The predicted octanol–water partition coefficient (Wildman–Crippen LogP) is 1.48. The van der Waals surface area contributed by atoms with Crippen molar-refractivity contribution < 1.29 is 9.90 Å². The number of amides is 1. The zero-order chi connectivity index (χ0) is 14.4. The molecule has 1 aromatic rings. The summed E-state index contributed by atoms with van der Waals surface area (Å²) in [6.45, 7) is 2.17. The summed E-state index contributed by atoms with van der Waals surface area (Å²) in [7, 11) is 0. The van der Waals surface area contributed by atoms with E-state index < -0.39 is 6.10 Å². The maximum Gasteiger partial charge on any atom is 0.251 e. The summed E-state index contributed by atoms with van der Waals surface area (Å²) < 4.78 is 0. The van der Waals surface area contributed by atoms with E-state index in [9.17, 15) is 9.90 Å². The van der Waals surface area contributed by atoms with Gasteiger partial charge in [0.1, 0.15) is 0 Å². The van der Waals surface area contributed by atoms with Crippen molar-refractivity contribution in [2.45, 2.75) is 24.9 Å². The molecule has 3 N–H and O–H groups in total. The van der Waals surface area contributed by atoms with Crippen LogP contribution in [0.15, 0.2) is 24.3 Å². The highest BCUT2D eigenvalue weighted by molar-refractivity contribution is 6.18. The number of alkyl halides is 1. The van der Waals surface area contributed by atoms with E-state index in [0.29, 0.717) is 11.5 Å². The third-order valence-corrected chi connectivity index (χ3v) is 4.02. The Morgan fingerprint density at radius 3 is 2.80 bits per heavy atom. The van der Waals surface area contributed by atoms with Crippen LogP contribution in [0.1, 0.15) is 34.7 Å². The standard InChI is InChI=1S/C15H21ClN2O2/c16-9-12(19)10-18-15(20)14-4-2-1-3-13(14)11-5-7-17-8-6-11/h1-4,11-12,17,19H,5-10H2,(H,18,20)/t12-/m0/s1. The average Bonchev–Trinajstić information content (AvgIpc) is 2.53. The number of piperidine rings is 1. The molecule has 0 bridgehead atoms. The molecule has 0 saturated carbocycles. The van der Waals surface area contributed by atoms with Gasteiger partial charge in [-0.1, -0.05) is 18.2 Å². The van der Waals surface area contributed by atoms with E-state index in [1.165, 1.54) is 0 Å². The summed E-state index contributed by atoms with van der Waals surface area (Å²) in [5.74, 6) is 0.412. The molecule has 0 aromatic heterocycles. The zero-order valence-corrected chi connectivity index (χ0v) is 12.2. The SMILES string of the molecule is O=C(NC[C@@H](O)CCl)c1ccccc1C1CCNCC1. The molecule has 20 heavy (non-hydrogen) atoms. The van der Waals surface area contributed by atoms with E-state index in [1.54, 1.807) is 0 Å². The van der Waals surface area contributed by atoms with Crippen molar-refractivity contribution in [1.29, 1.82) is 0 Å². The first-order valence-corrected chi connectivity index (χ1v) is 7.57. The fraction of sp³-hybridized carbons (Fsp3) is 0.533. The summed E-state index contributed by atoms with van der Waals surface area (Å²) in [5, 5.41) is 15.5. The number of hydrogen-bond donors (Lipinski definition) is 3. The molecule has 2 rings (SSSR count). The monoisotopic (exact) mass is 296 g/mol. The lowest BCUT2D eigenvalue weighted by Crippen LogP contribution is -2.34. The second kappa shape index (κ2) is 7.62. The minimum absolute atomic E-state index is 0.121. The van der Waals surface area contributed by atoms with Crippen LogP contribution in [0.3, 0.4) is 0 Å². The fourth-order valence-electron chi connectivity index (χ4n) is 2.55. The third kappa shape index (κ3) is 3.95. The van der Waals surface area contributed by atoms with Crippen molar-refractivity contribution in [3.05, 3.63) is 35.4 Å². The van der Waals surface area contributed by atoms with Gasteiger partial charge in [-0.25, -0.2) is 0 Å². The predicted molar refractivity (Wildman–Crippen MR) is 80.3 cm³/mol. The molecule has 1 heterocycles. The quantitative estimate of drug-likeness (QED) is 0.721. The van der Waals surface area contributed by atoms with Crippen molar-refractivity contribution in [3.8, 4) is 0 Å². The molecule has 0 radical (unpaired) electrons. The van der Waals surface area contributed by atoms with E-state index in [0.717, 1.165) is 31.5 Å². The zero-order valence-electron chi connectivity index (χ0n) is 11.4. The average molecular weight is 297 g/mol. The van der Waals surface area contributed by atoms with Crippen molar-refractivity contribution in [3.63, 3.8) is 0 Å². The van der Waals surface area contributed by atoms with Crippen LogP contribution in [0.5, 0.6) is 0 Å². The lowest BCUT2D eigenvalue weighted by molar-refractivity contribution is 0.0923. The van der Waals surface area contributed by atoms with Crippen LogP contribution in [0.2, 0.25) is 0 Å². The van der Waals surface area contributed by atoms with Gasteiger partial charge in [0.05, 0.1) is 12.0 Å². The molecule has 1 aliphatic rings. The number of hydrogen-bond acceptors (Lipinski definition) is 3. The van der Waals surface area contributed by atoms with Crippen molar-refractivity contribution >= 4 is 17.5 Å².